The van der Waals surface area contributed by atoms with Crippen molar-refractivity contribution in [3.05, 3.63) is 194 Å². The molecule has 0 atom stereocenters. The van der Waals surface area contributed by atoms with Crippen molar-refractivity contribution in [2.24, 2.45) is 0 Å². The van der Waals surface area contributed by atoms with Gasteiger partial charge >= 0.3 is 0 Å². The number of rotatable bonds is 4. The van der Waals surface area contributed by atoms with E-state index < -0.39 is 0 Å². The summed E-state index contributed by atoms with van der Waals surface area (Å²) in [6.45, 7) is 0. The maximum absolute atomic E-state index is 2.39. The van der Waals surface area contributed by atoms with Gasteiger partial charge in [-0.1, -0.05) is 170 Å². The van der Waals surface area contributed by atoms with E-state index in [0.29, 0.717) is 0 Å². The monoisotopic (exact) mass is 632 g/mol. The van der Waals surface area contributed by atoms with Crippen LogP contribution in [0.1, 0.15) is 0 Å². The van der Waals surface area contributed by atoms with E-state index >= 15 is 0 Å². The molecule has 0 fully saturated rings. The molecule has 0 unspecified atom stereocenters. The lowest BCUT2D eigenvalue weighted by Crippen LogP contribution is -1.92. The highest BCUT2D eigenvalue weighted by atomic mass is 14.2. The second kappa shape index (κ2) is 11.6. The Morgan fingerprint density at radius 1 is 0.200 bits per heavy atom. The third-order valence-corrected chi connectivity index (χ3v) is 10.4. The second-order valence-corrected chi connectivity index (χ2v) is 13.3. The fourth-order valence-electron chi connectivity index (χ4n) is 8.09. The van der Waals surface area contributed by atoms with Crippen LogP contribution in [-0.2, 0) is 0 Å². The average molecular weight is 633 g/mol. The number of fused-ring (bicyclic) bond motifs is 6. The van der Waals surface area contributed by atoms with Gasteiger partial charge in [-0.15, -0.1) is 0 Å². The summed E-state index contributed by atoms with van der Waals surface area (Å²) in [4.78, 5) is 0. The summed E-state index contributed by atoms with van der Waals surface area (Å²) < 4.78 is 0. The van der Waals surface area contributed by atoms with Crippen molar-refractivity contribution in [3.8, 4) is 44.5 Å². The highest BCUT2D eigenvalue weighted by molar-refractivity contribution is 6.22. The van der Waals surface area contributed by atoms with Gasteiger partial charge in [0.05, 0.1) is 0 Å². The quantitative estimate of drug-likeness (QED) is 0.134. The zero-order chi connectivity index (χ0) is 33.0. The van der Waals surface area contributed by atoms with E-state index in [0.717, 1.165) is 0 Å². The molecule has 10 rings (SSSR count). The smallest absolute Gasteiger partial charge is 0.00262 e. The highest BCUT2D eigenvalue weighted by Gasteiger charge is 2.18. The lowest BCUT2D eigenvalue weighted by molar-refractivity contribution is 1.60. The Morgan fingerprint density at radius 2 is 0.600 bits per heavy atom. The normalized spacial score (nSPS) is 11.6. The first-order valence-electron chi connectivity index (χ1n) is 17.3. The Labute approximate surface area is 291 Å². The lowest BCUT2D eigenvalue weighted by Gasteiger charge is -2.19. The first-order valence-corrected chi connectivity index (χ1v) is 17.3. The van der Waals surface area contributed by atoms with Crippen LogP contribution >= 0.6 is 0 Å². The van der Waals surface area contributed by atoms with Crippen LogP contribution in [0.25, 0.3) is 98.4 Å². The third kappa shape index (κ3) is 4.61. The summed E-state index contributed by atoms with van der Waals surface area (Å²) in [5.74, 6) is 0. The molecule has 0 heteroatoms. The molecule has 232 valence electrons. The maximum atomic E-state index is 2.39. The molecule has 0 bridgehead atoms. The molecule has 0 saturated heterocycles. The zero-order valence-corrected chi connectivity index (χ0v) is 27.5. The van der Waals surface area contributed by atoms with E-state index in [1.807, 2.05) is 0 Å². The van der Waals surface area contributed by atoms with Crippen molar-refractivity contribution in [1.29, 1.82) is 0 Å². The predicted octanol–water partition coefficient (Wildman–Crippen LogP) is 14.1. The molecule has 50 heavy (non-hydrogen) atoms. The van der Waals surface area contributed by atoms with Crippen LogP contribution in [0.2, 0.25) is 0 Å². The maximum Gasteiger partial charge on any atom is -0.00262 e. The van der Waals surface area contributed by atoms with E-state index in [2.05, 4.69) is 194 Å². The average Bonchev–Trinajstić information content (AvgIpc) is 3.19. The Bertz CT molecular complexity index is 2840. The molecule has 0 aromatic heterocycles. The topological polar surface area (TPSA) is 0 Å². The molecule has 0 nitrogen and oxygen atoms in total. The van der Waals surface area contributed by atoms with E-state index in [-0.39, 0.29) is 0 Å². The molecule has 0 aliphatic heterocycles. The summed E-state index contributed by atoms with van der Waals surface area (Å²) >= 11 is 0. The van der Waals surface area contributed by atoms with Crippen molar-refractivity contribution in [3.63, 3.8) is 0 Å². The molecule has 0 aliphatic rings. The van der Waals surface area contributed by atoms with Gasteiger partial charge in [-0.05, 0) is 123 Å². The molecule has 0 aliphatic carbocycles. The van der Waals surface area contributed by atoms with Crippen LogP contribution in [0.3, 0.4) is 0 Å². The van der Waals surface area contributed by atoms with Crippen LogP contribution in [-0.4, -0.2) is 0 Å². The number of hydrogen-bond acceptors (Lipinski definition) is 0. The molecule has 10 aromatic rings. The largest absolute Gasteiger partial charge is 0.0622 e. The van der Waals surface area contributed by atoms with Gasteiger partial charge in [0.15, 0.2) is 0 Å². The number of hydrogen-bond donors (Lipinski definition) is 0. The molecular weight excluding hydrogens is 601 g/mol. The van der Waals surface area contributed by atoms with Crippen molar-refractivity contribution in [1.82, 2.24) is 0 Å². The lowest BCUT2D eigenvalue weighted by atomic mass is 9.84. The van der Waals surface area contributed by atoms with Gasteiger partial charge in [-0.2, -0.15) is 0 Å². The molecule has 0 N–H and O–H groups in total. The molecule has 10 aromatic carbocycles. The number of benzene rings is 10. The fraction of sp³-hybridized carbons (Fsp3) is 0. The van der Waals surface area contributed by atoms with Crippen LogP contribution in [0.5, 0.6) is 0 Å². The van der Waals surface area contributed by atoms with E-state index in [9.17, 15) is 0 Å². The minimum absolute atomic E-state index is 1.22. The summed E-state index contributed by atoms with van der Waals surface area (Å²) in [5.41, 5.74) is 9.99. The highest BCUT2D eigenvalue weighted by Crippen LogP contribution is 2.45. The van der Waals surface area contributed by atoms with E-state index in [4.69, 9.17) is 0 Å². The first-order chi connectivity index (χ1) is 24.8. The predicted molar refractivity (Wildman–Crippen MR) is 216 cm³/mol. The summed E-state index contributed by atoms with van der Waals surface area (Å²) in [6.07, 6.45) is 0. The van der Waals surface area contributed by atoms with Crippen molar-refractivity contribution >= 4 is 53.9 Å². The molecule has 0 amide bonds. The zero-order valence-electron chi connectivity index (χ0n) is 27.5. The minimum atomic E-state index is 1.22. The van der Waals surface area contributed by atoms with Crippen LogP contribution in [0, 0.1) is 0 Å². The van der Waals surface area contributed by atoms with Crippen molar-refractivity contribution in [2.75, 3.05) is 0 Å². The Morgan fingerprint density at radius 3 is 1.18 bits per heavy atom. The minimum Gasteiger partial charge on any atom is -0.0622 e. The van der Waals surface area contributed by atoms with Gasteiger partial charge in [0, 0.05) is 0 Å². The van der Waals surface area contributed by atoms with E-state index in [1.165, 1.54) is 98.4 Å². The Balaban J connectivity index is 1.21. The molecule has 0 spiro atoms. The molecular formula is C50H32. The Kier molecular flexibility index (Phi) is 6.60. The SMILES string of the molecule is c1ccc(-c2cc3ccc(-c4c5ccccc5c(-c5ccc6c(ccc7ccccc76)c5)c5ccccc45)cc3cc2-c2ccccc2)cc1. The first kappa shape index (κ1) is 28.5. The molecule has 0 heterocycles. The van der Waals surface area contributed by atoms with Gasteiger partial charge in [0.25, 0.3) is 0 Å². The van der Waals surface area contributed by atoms with Gasteiger partial charge in [0.2, 0.25) is 0 Å². The van der Waals surface area contributed by atoms with Gasteiger partial charge < -0.3 is 0 Å². The standard InChI is InChI=1S/C50H32/c1-3-13-33(14-4-1)47-31-36-24-26-38(30-40(36)32-48(47)34-15-5-2-6-16-34)49-43-19-9-11-21-45(43)50(46-22-12-10-20-44(46)49)39-27-28-42-37(29-39)25-23-35-17-7-8-18-41(35)42/h1-32H. The van der Waals surface area contributed by atoms with Crippen LogP contribution in [0.4, 0.5) is 0 Å². The summed E-state index contributed by atoms with van der Waals surface area (Å²) in [7, 11) is 0. The fourth-order valence-corrected chi connectivity index (χ4v) is 8.09. The van der Waals surface area contributed by atoms with Gasteiger partial charge in [-0.25, -0.2) is 0 Å². The van der Waals surface area contributed by atoms with Crippen LogP contribution < -0.4 is 0 Å². The van der Waals surface area contributed by atoms with Crippen molar-refractivity contribution < 1.29 is 0 Å². The van der Waals surface area contributed by atoms with Gasteiger partial charge in [-0.3, -0.25) is 0 Å². The van der Waals surface area contributed by atoms with E-state index in [1.54, 1.807) is 0 Å². The summed E-state index contributed by atoms with van der Waals surface area (Å²) in [6, 6.07) is 71.3. The second-order valence-electron chi connectivity index (χ2n) is 13.3. The van der Waals surface area contributed by atoms with Gasteiger partial charge in [0.1, 0.15) is 0 Å². The van der Waals surface area contributed by atoms with Crippen LogP contribution in [0.15, 0.2) is 194 Å². The van der Waals surface area contributed by atoms with Crippen molar-refractivity contribution in [2.45, 2.75) is 0 Å². The molecule has 0 radical (unpaired) electrons. The Hall–Kier alpha value is -6.50. The summed E-state index contributed by atoms with van der Waals surface area (Å²) in [5, 5.41) is 12.7. The molecule has 0 saturated carbocycles. The third-order valence-electron chi connectivity index (χ3n) is 10.4.